The first-order chi connectivity index (χ1) is 16.4. The quantitative estimate of drug-likeness (QED) is 0.332. The average molecular weight is 457 g/mol. The smallest absolute Gasteiger partial charge is 0.332 e. The first kappa shape index (κ1) is 23.4. The van der Waals surface area contributed by atoms with Crippen molar-refractivity contribution in [2.24, 2.45) is 0 Å². The van der Waals surface area contributed by atoms with Crippen molar-refractivity contribution in [3.63, 3.8) is 0 Å². The number of fused-ring (bicyclic) bond motifs is 1. The summed E-state index contributed by atoms with van der Waals surface area (Å²) in [6, 6.07) is 23.4. The topological polar surface area (TPSA) is 81.4 Å². The van der Waals surface area contributed by atoms with Crippen LogP contribution in [0.2, 0.25) is 0 Å². The first-order valence-electron chi connectivity index (χ1n) is 11.4. The molecule has 0 fully saturated rings. The summed E-state index contributed by atoms with van der Waals surface area (Å²) in [6.45, 7) is 4.43. The highest BCUT2D eigenvalue weighted by molar-refractivity contribution is 6.08. The first-order valence-corrected chi connectivity index (χ1v) is 11.4. The Hall–Kier alpha value is -3.77. The van der Waals surface area contributed by atoms with E-state index in [0.29, 0.717) is 17.9 Å². The summed E-state index contributed by atoms with van der Waals surface area (Å²) in [5, 5.41) is 8.99. The van der Waals surface area contributed by atoms with Crippen molar-refractivity contribution in [2.45, 2.75) is 45.9 Å². The van der Waals surface area contributed by atoms with Crippen LogP contribution in [0.4, 0.5) is 0 Å². The molecule has 0 saturated carbocycles. The van der Waals surface area contributed by atoms with Crippen molar-refractivity contribution in [3.05, 3.63) is 101 Å². The number of hydrogen-bond donors (Lipinski definition) is 1. The molecule has 3 aromatic carbocycles. The second-order valence-corrected chi connectivity index (χ2v) is 8.49. The average Bonchev–Trinajstić information content (AvgIpc) is 3.21. The van der Waals surface area contributed by atoms with Crippen molar-refractivity contribution in [2.75, 3.05) is 0 Å². The van der Waals surface area contributed by atoms with Crippen LogP contribution in [-0.2, 0) is 29.1 Å². The van der Waals surface area contributed by atoms with Gasteiger partial charge in [-0.15, -0.1) is 0 Å². The van der Waals surface area contributed by atoms with Crippen LogP contribution in [0, 0.1) is 6.92 Å². The Morgan fingerprint density at radius 1 is 1.00 bits per heavy atom. The van der Waals surface area contributed by atoms with E-state index in [0.717, 1.165) is 40.6 Å². The molecule has 174 valence electrons. The predicted molar refractivity (Wildman–Crippen MR) is 131 cm³/mol. The molecule has 1 aromatic heterocycles. The number of nitrogens with zero attached hydrogens (tertiary/aromatic N) is 2. The van der Waals surface area contributed by atoms with Crippen molar-refractivity contribution in [1.82, 2.24) is 9.55 Å². The molecule has 0 unspecified atom stereocenters. The lowest BCUT2D eigenvalue weighted by Crippen LogP contribution is -2.19. The lowest BCUT2D eigenvalue weighted by Gasteiger charge is -2.11. The van der Waals surface area contributed by atoms with E-state index in [1.54, 1.807) is 0 Å². The number of hydrogen-bond acceptors (Lipinski definition) is 4. The maximum absolute atomic E-state index is 13.3. The lowest BCUT2D eigenvalue weighted by molar-refractivity contribution is -0.149. The van der Waals surface area contributed by atoms with Gasteiger partial charge in [0.1, 0.15) is 0 Å². The Morgan fingerprint density at radius 2 is 1.74 bits per heavy atom. The zero-order chi connectivity index (χ0) is 24.1. The van der Waals surface area contributed by atoms with Gasteiger partial charge in [-0.05, 0) is 49.9 Å². The van der Waals surface area contributed by atoms with Gasteiger partial charge >= 0.3 is 5.97 Å². The largest absolute Gasteiger partial charge is 0.479 e. The molecule has 4 aromatic rings. The van der Waals surface area contributed by atoms with Crippen molar-refractivity contribution < 1.29 is 19.4 Å². The normalized spacial score (nSPS) is 12.1. The van der Waals surface area contributed by atoms with Gasteiger partial charge in [-0.1, -0.05) is 66.2 Å². The number of rotatable bonds is 10. The van der Waals surface area contributed by atoms with Gasteiger partial charge in [-0.3, -0.25) is 4.79 Å². The molecule has 0 spiro atoms. The monoisotopic (exact) mass is 456 g/mol. The number of benzene rings is 3. The summed E-state index contributed by atoms with van der Waals surface area (Å²) in [5.41, 5.74) is 5.57. The number of carbonyl (C=O) groups is 2. The van der Waals surface area contributed by atoms with E-state index in [1.165, 1.54) is 6.92 Å². The molecule has 0 aliphatic rings. The van der Waals surface area contributed by atoms with Gasteiger partial charge in [0.25, 0.3) is 0 Å². The number of carboxylic acids is 1. The molecule has 1 atom stereocenters. The van der Waals surface area contributed by atoms with Gasteiger partial charge in [-0.25, -0.2) is 9.78 Å². The molecule has 6 nitrogen and oxygen atoms in total. The highest BCUT2D eigenvalue weighted by atomic mass is 16.5. The molecule has 34 heavy (non-hydrogen) atoms. The summed E-state index contributed by atoms with van der Waals surface area (Å²) < 4.78 is 7.41. The third kappa shape index (κ3) is 5.41. The minimum absolute atomic E-state index is 0.0807. The van der Waals surface area contributed by atoms with E-state index in [4.69, 9.17) is 9.84 Å². The number of aliphatic carboxylic acids is 1. The molecule has 1 heterocycles. The Labute approximate surface area is 198 Å². The molecule has 6 heteroatoms. The fourth-order valence-electron chi connectivity index (χ4n) is 3.92. The van der Waals surface area contributed by atoms with E-state index in [2.05, 4.69) is 11.1 Å². The summed E-state index contributed by atoms with van der Waals surface area (Å²) in [6.07, 6.45) is 0.792. The Bertz CT molecular complexity index is 1310. The number of ether oxygens (including phenoxy) is 1. The maximum Gasteiger partial charge on any atom is 0.332 e. The van der Waals surface area contributed by atoms with E-state index >= 15 is 0 Å². The van der Waals surface area contributed by atoms with E-state index in [9.17, 15) is 9.59 Å². The van der Waals surface area contributed by atoms with Crippen LogP contribution in [0.3, 0.4) is 0 Å². The number of carboxylic acid groups (broad SMARTS) is 1. The molecule has 0 aliphatic heterocycles. The molecular formula is C28H28N2O4. The van der Waals surface area contributed by atoms with Crippen molar-refractivity contribution in [3.8, 4) is 0 Å². The third-order valence-electron chi connectivity index (χ3n) is 5.86. The fourth-order valence-corrected chi connectivity index (χ4v) is 3.92. The number of aryl methyl sites for hydroxylation is 3. The highest BCUT2D eigenvalue weighted by Crippen LogP contribution is 2.20. The summed E-state index contributed by atoms with van der Waals surface area (Å²) in [4.78, 5) is 28.9. The van der Waals surface area contributed by atoms with Crippen LogP contribution in [0.1, 0.15) is 46.2 Å². The summed E-state index contributed by atoms with van der Waals surface area (Å²) in [5.74, 6) is -0.600. The zero-order valence-electron chi connectivity index (χ0n) is 19.4. The number of ketones is 1. The van der Waals surface area contributed by atoms with Crippen LogP contribution in [-0.4, -0.2) is 32.5 Å². The number of carbonyl (C=O) groups excluding carboxylic acids is 1. The summed E-state index contributed by atoms with van der Waals surface area (Å²) in [7, 11) is 0. The highest BCUT2D eigenvalue weighted by Gasteiger charge is 2.19. The molecular weight excluding hydrogens is 428 g/mol. The number of para-hydroxylation sites is 2. The minimum Gasteiger partial charge on any atom is -0.479 e. The van der Waals surface area contributed by atoms with Gasteiger partial charge < -0.3 is 14.4 Å². The molecule has 0 amide bonds. The van der Waals surface area contributed by atoms with Crippen LogP contribution in [0.25, 0.3) is 11.0 Å². The molecule has 0 bridgehead atoms. The Balaban J connectivity index is 1.49. The van der Waals surface area contributed by atoms with Gasteiger partial charge in [0.2, 0.25) is 5.78 Å². The Kier molecular flexibility index (Phi) is 7.18. The maximum atomic E-state index is 13.3. The molecule has 0 radical (unpaired) electrons. The Morgan fingerprint density at radius 3 is 2.50 bits per heavy atom. The van der Waals surface area contributed by atoms with E-state index in [1.807, 2.05) is 78.2 Å². The van der Waals surface area contributed by atoms with E-state index in [-0.39, 0.29) is 12.4 Å². The van der Waals surface area contributed by atoms with Crippen LogP contribution >= 0.6 is 0 Å². The lowest BCUT2D eigenvalue weighted by atomic mass is 10.1. The van der Waals surface area contributed by atoms with Gasteiger partial charge in [0.15, 0.2) is 11.9 Å². The van der Waals surface area contributed by atoms with Gasteiger partial charge in [-0.2, -0.15) is 0 Å². The standard InChI is InChI=1S/C28H28N2O4/c1-19-12-14-23(15-13-19)26(31)27-29-24-10-3-4-11-25(24)30(27)16-6-9-21-7-5-8-22(17-21)18-34-20(2)28(32)33/h3-5,7-8,10-15,17,20H,6,9,16,18H2,1-2H3,(H,32,33)/t20-/m0/s1. The SMILES string of the molecule is Cc1ccc(C(=O)c2nc3ccccc3n2CCCc2cccc(CO[C@@H](C)C(=O)O)c2)cc1. The molecule has 1 N–H and O–H groups in total. The second kappa shape index (κ2) is 10.4. The van der Waals surface area contributed by atoms with Crippen LogP contribution in [0.5, 0.6) is 0 Å². The second-order valence-electron chi connectivity index (χ2n) is 8.49. The van der Waals surface area contributed by atoms with Gasteiger partial charge in [0, 0.05) is 12.1 Å². The molecule has 4 rings (SSSR count). The number of aromatic nitrogens is 2. The third-order valence-corrected chi connectivity index (χ3v) is 5.86. The minimum atomic E-state index is -0.972. The van der Waals surface area contributed by atoms with Gasteiger partial charge in [0.05, 0.1) is 17.6 Å². The van der Waals surface area contributed by atoms with Crippen LogP contribution < -0.4 is 0 Å². The summed E-state index contributed by atoms with van der Waals surface area (Å²) >= 11 is 0. The molecule has 0 saturated heterocycles. The fraction of sp³-hybridized carbons (Fsp3) is 0.250. The predicted octanol–water partition coefficient (Wildman–Crippen LogP) is 5.20. The molecule has 0 aliphatic carbocycles. The van der Waals surface area contributed by atoms with E-state index < -0.39 is 12.1 Å². The zero-order valence-corrected chi connectivity index (χ0v) is 19.4. The van der Waals surface area contributed by atoms with Crippen molar-refractivity contribution >= 4 is 22.8 Å². The van der Waals surface area contributed by atoms with Crippen LogP contribution in [0.15, 0.2) is 72.8 Å². The van der Waals surface area contributed by atoms with Crippen molar-refractivity contribution in [1.29, 1.82) is 0 Å². The number of imidazole rings is 1.